The number of sulfonamides is 1. The van der Waals surface area contributed by atoms with Crippen molar-refractivity contribution in [1.29, 1.82) is 0 Å². The van der Waals surface area contributed by atoms with E-state index in [1.807, 2.05) is 14.0 Å². The molecular formula is C20H35IN4O2S. The average Bonchev–Trinajstić information content (AvgIpc) is 2.65. The minimum absolute atomic E-state index is 0. The molecule has 28 heavy (non-hydrogen) atoms. The highest BCUT2D eigenvalue weighted by Crippen LogP contribution is 2.21. The van der Waals surface area contributed by atoms with Crippen LogP contribution in [0.4, 0.5) is 0 Å². The molecule has 0 saturated carbocycles. The van der Waals surface area contributed by atoms with E-state index in [2.05, 4.69) is 45.5 Å². The molecule has 0 amide bonds. The second kappa shape index (κ2) is 12.6. The maximum atomic E-state index is 11.6. The molecule has 0 aliphatic carbocycles. The molecule has 1 heterocycles. The highest BCUT2D eigenvalue weighted by molar-refractivity contribution is 14.0. The van der Waals surface area contributed by atoms with Crippen molar-refractivity contribution in [3.63, 3.8) is 0 Å². The molecule has 1 N–H and O–H groups in total. The van der Waals surface area contributed by atoms with E-state index in [1.54, 1.807) is 0 Å². The lowest BCUT2D eigenvalue weighted by molar-refractivity contribution is 0.259. The van der Waals surface area contributed by atoms with Crippen LogP contribution in [0.5, 0.6) is 0 Å². The normalized spacial score (nSPS) is 16.1. The number of nitrogens with one attached hydrogen (secondary N) is 1. The number of halogens is 1. The van der Waals surface area contributed by atoms with Gasteiger partial charge in [0, 0.05) is 39.8 Å². The smallest absolute Gasteiger partial charge is 0.211 e. The van der Waals surface area contributed by atoms with Gasteiger partial charge in [-0.1, -0.05) is 37.3 Å². The Hall–Kier alpha value is -0.870. The number of nitrogens with zero attached hydrogens (tertiary/aromatic N) is 3. The highest BCUT2D eigenvalue weighted by Gasteiger charge is 2.21. The zero-order chi connectivity index (χ0) is 19.7. The molecule has 8 heteroatoms. The summed E-state index contributed by atoms with van der Waals surface area (Å²) in [4.78, 5) is 6.72. The number of hydrogen-bond acceptors (Lipinski definition) is 3. The summed E-state index contributed by atoms with van der Waals surface area (Å²) >= 11 is 0. The summed E-state index contributed by atoms with van der Waals surface area (Å²) in [6.45, 7) is 5.68. The molecule has 1 aliphatic heterocycles. The van der Waals surface area contributed by atoms with Gasteiger partial charge in [-0.25, -0.2) is 12.7 Å². The number of guanidine groups is 1. The van der Waals surface area contributed by atoms with Gasteiger partial charge in [0.25, 0.3) is 0 Å². The minimum atomic E-state index is -3.11. The Kier molecular flexibility index (Phi) is 11.4. The second-order valence-electron chi connectivity index (χ2n) is 7.20. The first-order chi connectivity index (χ1) is 12.9. The molecule has 0 aromatic heterocycles. The van der Waals surface area contributed by atoms with E-state index in [4.69, 9.17) is 0 Å². The molecule has 0 atom stereocenters. The summed E-state index contributed by atoms with van der Waals surface area (Å²) in [5.41, 5.74) is 1.42. The monoisotopic (exact) mass is 522 g/mol. The van der Waals surface area contributed by atoms with Crippen molar-refractivity contribution in [2.75, 3.05) is 46.0 Å². The summed E-state index contributed by atoms with van der Waals surface area (Å²) in [7, 11) is -1.30. The van der Waals surface area contributed by atoms with E-state index in [0.29, 0.717) is 13.1 Å². The van der Waals surface area contributed by atoms with E-state index in [9.17, 15) is 8.42 Å². The highest BCUT2D eigenvalue weighted by atomic mass is 127. The molecule has 1 aromatic rings. The van der Waals surface area contributed by atoms with Crippen molar-refractivity contribution in [2.24, 2.45) is 10.9 Å². The van der Waals surface area contributed by atoms with Crippen molar-refractivity contribution < 1.29 is 8.42 Å². The van der Waals surface area contributed by atoms with Crippen LogP contribution in [-0.2, 0) is 16.4 Å². The summed E-state index contributed by atoms with van der Waals surface area (Å²) in [6, 6.07) is 10.7. The van der Waals surface area contributed by atoms with Crippen molar-refractivity contribution >= 4 is 40.0 Å². The standard InChI is InChI=1S/C20H34N4O2S.HI/c1-4-24(27(3,25)26)14-8-13-22-20(21-2)23-15-11-19(12-16-23)17-18-9-6-5-7-10-18;/h5-7,9-10,19H,4,8,11-17H2,1-3H3,(H,21,22);1H. The zero-order valence-corrected chi connectivity index (χ0v) is 20.4. The first kappa shape index (κ1) is 25.2. The van der Waals surface area contributed by atoms with Gasteiger partial charge in [-0.15, -0.1) is 24.0 Å². The van der Waals surface area contributed by atoms with E-state index in [-0.39, 0.29) is 24.0 Å². The van der Waals surface area contributed by atoms with Gasteiger partial charge in [0.1, 0.15) is 0 Å². The van der Waals surface area contributed by atoms with Crippen LogP contribution in [0.1, 0.15) is 31.7 Å². The molecule has 1 aliphatic rings. The Morgan fingerprint density at radius 2 is 1.89 bits per heavy atom. The molecule has 1 saturated heterocycles. The van der Waals surface area contributed by atoms with Crippen LogP contribution in [0.25, 0.3) is 0 Å². The average molecular weight is 522 g/mol. The van der Waals surface area contributed by atoms with Crippen molar-refractivity contribution in [3.8, 4) is 0 Å². The fraction of sp³-hybridized carbons (Fsp3) is 0.650. The minimum Gasteiger partial charge on any atom is -0.356 e. The van der Waals surface area contributed by atoms with Crippen molar-refractivity contribution in [3.05, 3.63) is 35.9 Å². The van der Waals surface area contributed by atoms with E-state index in [0.717, 1.165) is 44.4 Å². The van der Waals surface area contributed by atoms with Gasteiger partial charge < -0.3 is 10.2 Å². The lowest BCUT2D eigenvalue weighted by atomic mass is 9.90. The van der Waals surface area contributed by atoms with Gasteiger partial charge in [0.15, 0.2) is 5.96 Å². The third-order valence-corrected chi connectivity index (χ3v) is 6.56. The predicted molar refractivity (Wildman–Crippen MR) is 128 cm³/mol. The third-order valence-electron chi connectivity index (χ3n) is 5.18. The first-order valence-electron chi connectivity index (χ1n) is 9.88. The molecule has 2 rings (SSSR count). The first-order valence-corrected chi connectivity index (χ1v) is 11.7. The number of aliphatic imine (C=N–C) groups is 1. The molecule has 0 spiro atoms. The van der Waals surface area contributed by atoms with Crippen LogP contribution in [0.2, 0.25) is 0 Å². The fourth-order valence-corrected chi connectivity index (χ4v) is 4.57. The Bertz CT molecular complexity index is 689. The molecule has 0 radical (unpaired) electrons. The van der Waals surface area contributed by atoms with Gasteiger partial charge in [-0.05, 0) is 37.2 Å². The Morgan fingerprint density at radius 1 is 1.25 bits per heavy atom. The van der Waals surface area contributed by atoms with Gasteiger partial charge >= 0.3 is 0 Å². The molecule has 1 aromatic carbocycles. The van der Waals surface area contributed by atoms with Crippen molar-refractivity contribution in [1.82, 2.24) is 14.5 Å². The Morgan fingerprint density at radius 3 is 2.43 bits per heavy atom. The molecule has 6 nitrogen and oxygen atoms in total. The summed E-state index contributed by atoms with van der Waals surface area (Å²) < 4.78 is 24.8. The SMILES string of the molecule is CCN(CCCNC(=NC)N1CCC(Cc2ccccc2)CC1)S(C)(=O)=O.I. The van der Waals surface area contributed by atoms with Gasteiger partial charge in [0.05, 0.1) is 6.26 Å². The number of benzene rings is 1. The fourth-order valence-electron chi connectivity index (χ4n) is 3.64. The van der Waals surface area contributed by atoms with Crippen LogP contribution in [0.3, 0.4) is 0 Å². The zero-order valence-electron chi connectivity index (χ0n) is 17.3. The largest absolute Gasteiger partial charge is 0.356 e. The van der Waals surface area contributed by atoms with E-state index in [1.165, 1.54) is 29.0 Å². The van der Waals surface area contributed by atoms with Crippen LogP contribution in [0, 0.1) is 5.92 Å². The van der Waals surface area contributed by atoms with E-state index >= 15 is 0 Å². The number of piperidine rings is 1. The van der Waals surface area contributed by atoms with Gasteiger partial charge in [-0.2, -0.15) is 0 Å². The van der Waals surface area contributed by atoms with Crippen LogP contribution >= 0.6 is 24.0 Å². The van der Waals surface area contributed by atoms with Gasteiger partial charge in [0.2, 0.25) is 10.0 Å². The summed E-state index contributed by atoms with van der Waals surface area (Å²) in [6.07, 6.45) is 5.53. The van der Waals surface area contributed by atoms with Crippen LogP contribution in [-0.4, -0.2) is 69.6 Å². The lowest BCUT2D eigenvalue weighted by Crippen LogP contribution is -2.46. The topological polar surface area (TPSA) is 65.0 Å². The molecule has 0 bridgehead atoms. The molecular weight excluding hydrogens is 487 g/mol. The second-order valence-corrected chi connectivity index (χ2v) is 9.18. The van der Waals surface area contributed by atoms with Crippen LogP contribution in [0.15, 0.2) is 35.3 Å². The Labute approximate surface area is 187 Å². The van der Waals surface area contributed by atoms with E-state index < -0.39 is 10.0 Å². The summed E-state index contributed by atoms with van der Waals surface area (Å²) in [5.74, 6) is 1.66. The predicted octanol–water partition coefficient (Wildman–Crippen LogP) is 2.81. The van der Waals surface area contributed by atoms with Gasteiger partial charge in [-0.3, -0.25) is 4.99 Å². The quantitative estimate of drug-likeness (QED) is 0.247. The molecule has 160 valence electrons. The lowest BCUT2D eigenvalue weighted by Gasteiger charge is -2.34. The number of hydrogen-bond donors (Lipinski definition) is 1. The maximum absolute atomic E-state index is 11.6. The maximum Gasteiger partial charge on any atom is 0.211 e. The Balaban J connectivity index is 0.00000392. The number of likely N-dealkylation sites (tertiary alicyclic amines) is 1. The molecule has 1 fully saturated rings. The number of rotatable bonds is 8. The van der Waals surface area contributed by atoms with Crippen LogP contribution < -0.4 is 5.32 Å². The van der Waals surface area contributed by atoms with Crippen molar-refractivity contribution in [2.45, 2.75) is 32.6 Å². The molecule has 0 unspecified atom stereocenters. The summed E-state index contributed by atoms with van der Waals surface area (Å²) in [5, 5.41) is 3.39. The third kappa shape index (κ3) is 8.24.